The number of nitrogens with one attached hydrogen (secondary N) is 1. The minimum Gasteiger partial charge on any atom is -0.390 e. The highest BCUT2D eigenvalue weighted by molar-refractivity contribution is 5.58. The van der Waals surface area contributed by atoms with Gasteiger partial charge < -0.3 is 20.1 Å². The predicted octanol–water partition coefficient (Wildman–Crippen LogP) is 1.98. The Bertz CT molecular complexity index is 888. The lowest BCUT2D eigenvalue weighted by atomic mass is 10.1. The number of ether oxygens (including phenoxy) is 1. The first-order valence-electron chi connectivity index (χ1n) is 8.73. The van der Waals surface area contributed by atoms with Gasteiger partial charge in [-0.25, -0.2) is 0 Å². The number of rotatable bonds is 5. The van der Waals surface area contributed by atoms with E-state index in [0.717, 1.165) is 43.1 Å². The number of piperidine rings is 1. The van der Waals surface area contributed by atoms with Crippen LogP contribution in [0.15, 0.2) is 36.5 Å². The summed E-state index contributed by atoms with van der Waals surface area (Å²) in [7, 11) is 1.78. The molecule has 3 aromatic rings. The van der Waals surface area contributed by atoms with Gasteiger partial charge in [-0.1, -0.05) is 6.07 Å². The predicted molar refractivity (Wildman–Crippen MR) is 98.7 cm³/mol. The largest absolute Gasteiger partial charge is 0.390 e. The third kappa shape index (κ3) is 3.33. The van der Waals surface area contributed by atoms with E-state index in [2.05, 4.69) is 31.3 Å². The Labute approximate surface area is 151 Å². The SMILES string of the molecule is COC1CCN(c2cccc3nc(Nc4ccnc(CO)c4)nn23)CC1. The van der Waals surface area contributed by atoms with Crippen molar-refractivity contribution < 1.29 is 9.84 Å². The van der Waals surface area contributed by atoms with Crippen LogP contribution in [0.25, 0.3) is 5.65 Å². The summed E-state index contributed by atoms with van der Waals surface area (Å²) in [5.74, 6) is 1.54. The van der Waals surface area contributed by atoms with E-state index in [1.54, 1.807) is 19.4 Å². The molecular formula is C18H22N6O2. The first-order chi connectivity index (χ1) is 12.8. The molecule has 1 aliphatic rings. The van der Waals surface area contributed by atoms with E-state index >= 15 is 0 Å². The number of pyridine rings is 2. The molecule has 4 heterocycles. The lowest BCUT2D eigenvalue weighted by Crippen LogP contribution is -2.37. The van der Waals surface area contributed by atoms with Gasteiger partial charge in [0.25, 0.3) is 0 Å². The Balaban J connectivity index is 1.59. The normalized spacial score (nSPS) is 15.5. The average Bonchev–Trinajstić information content (AvgIpc) is 3.10. The number of anilines is 3. The van der Waals surface area contributed by atoms with Crippen LogP contribution in [-0.2, 0) is 11.3 Å². The van der Waals surface area contributed by atoms with Crippen LogP contribution in [-0.4, -0.2) is 51.0 Å². The third-order valence-electron chi connectivity index (χ3n) is 4.67. The first kappa shape index (κ1) is 16.7. The van der Waals surface area contributed by atoms with Crippen molar-refractivity contribution in [3.05, 3.63) is 42.2 Å². The van der Waals surface area contributed by atoms with Gasteiger partial charge in [0.2, 0.25) is 5.95 Å². The maximum Gasteiger partial charge on any atom is 0.247 e. The van der Waals surface area contributed by atoms with Gasteiger partial charge in [-0.3, -0.25) is 4.98 Å². The molecule has 8 heteroatoms. The molecule has 136 valence electrons. The number of aromatic nitrogens is 4. The first-order valence-corrected chi connectivity index (χ1v) is 8.73. The minimum atomic E-state index is -0.101. The van der Waals surface area contributed by atoms with Crippen molar-refractivity contribution >= 4 is 23.1 Å². The van der Waals surface area contributed by atoms with Crippen LogP contribution >= 0.6 is 0 Å². The molecule has 26 heavy (non-hydrogen) atoms. The van der Waals surface area contributed by atoms with E-state index in [1.165, 1.54) is 0 Å². The van der Waals surface area contributed by atoms with Crippen molar-refractivity contribution in [2.75, 3.05) is 30.4 Å². The molecule has 0 atom stereocenters. The quantitative estimate of drug-likeness (QED) is 0.724. The summed E-state index contributed by atoms with van der Waals surface area (Å²) in [6, 6.07) is 9.61. The van der Waals surface area contributed by atoms with Crippen LogP contribution < -0.4 is 10.2 Å². The van der Waals surface area contributed by atoms with Crippen LogP contribution in [0.3, 0.4) is 0 Å². The summed E-state index contributed by atoms with van der Waals surface area (Å²) in [6.07, 6.45) is 4.00. The highest BCUT2D eigenvalue weighted by atomic mass is 16.5. The summed E-state index contributed by atoms with van der Waals surface area (Å²) in [5, 5.41) is 17.0. The zero-order chi connectivity index (χ0) is 17.9. The third-order valence-corrected chi connectivity index (χ3v) is 4.67. The van der Waals surface area contributed by atoms with Crippen molar-refractivity contribution in [1.82, 2.24) is 19.6 Å². The highest BCUT2D eigenvalue weighted by Gasteiger charge is 2.21. The Morgan fingerprint density at radius 1 is 1.27 bits per heavy atom. The monoisotopic (exact) mass is 354 g/mol. The molecule has 1 fully saturated rings. The van der Waals surface area contributed by atoms with Crippen molar-refractivity contribution in [3.8, 4) is 0 Å². The Morgan fingerprint density at radius 2 is 2.12 bits per heavy atom. The summed E-state index contributed by atoms with van der Waals surface area (Å²) in [5.41, 5.74) is 2.18. The second-order valence-corrected chi connectivity index (χ2v) is 6.33. The van der Waals surface area contributed by atoms with E-state index in [-0.39, 0.29) is 6.61 Å². The van der Waals surface area contributed by atoms with Crippen LogP contribution in [0.2, 0.25) is 0 Å². The van der Waals surface area contributed by atoms with Crippen molar-refractivity contribution in [3.63, 3.8) is 0 Å². The zero-order valence-electron chi connectivity index (χ0n) is 14.7. The van der Waals surface area contributed by atoms with Gasteiger partial charge in [0.15, 0.2) is 5.65 Å². The van der Waals surface area contributed by atoms with Crippen molar-refractivity contribution in [2.24, 2.45) is 0 Å². The molecule has 1 saturated heterocycles. The van der Waals surface area contributed by atoms with E-state index in [9.17, 15) is 5.11 Å². The molecule has 0 aliphatic carbocycles. The molecule has 1 aliphatic heterocycles. The van der Waals surface area contributed by atoms with Gasteiger partial charge in [-0.2, -0.15) is 9.50 Å². The van der Waals surface area contributed by atoms with Gasteiger partial charge in [0.1, 0.15) is 5.82 Å². The summed E-state index contributed by atoms with van der Waals surface area (Å²) in [6.45, 7) is 1.77. The standard InChI is InChI=1S/C18H22N6O2/c1-26-15-6-9-23(10-7-15)17-4-2-3-16-21-18(22-24(16)17)20-13-5-8-19-14(11-13)12-25/h2-5,8,11,15,25H,6-7,9-10,12H2,1H3,(H,19,20,22). The smallest absolute Gasteiger partial charge is 0.247 e. The molecule has 4 rings (SSSR count). The number of hydrogen-bond acceptors (Lipinski definition) is 7. The average molecular weight is 354 g/mol. The van der Waals surface area contributed by atoms with Crippen LogP contribution in [0.4, 0.5) is 17.5 Å². The number of aliphatic hydroxyl groups excluding tert-OH is 1. The summed E-state index contributed by atoms with van der Waals surface area (Å²) in [4.78, 5) is 11.0. The Kier molecular flexibility index (Phi) is 4.68. The molecule has 0 amide bonds. The van der Waals surface area contributed by atoms with Crippen molar-refractivity contribution in [2.45, 2.75) is 25.6 Å². The van der Waals surface area contributed by atoms with E-state index in [4.69, 9.17) is 4.74 Å². The lowest BCUT2D eigenvalue weighted by Gasteiger charge is -2.32. The summed E-state index contributed by atoms with van der Waals surface area (Å²) >= 11 is 0. The van der Waals surface area contributed by atoms with Gasteiger partial charge in [-0.05, 0) is 37.1 Å². The lowest BCUT2D eigenvalue weighted by molar-refractivity contribution is 0.0817. The molecule has 0 unspecified atom stereocenters. The molecule has 0 saturated carbocycles. The van der Waals surface area contributed by atoms with Gasteiger partial charge >= 0.3 is 0 Å². The number of fused-ring (bicyclic) bond motifs is 1. The zero-order valence-corrected chi connectivity index (χ0v) is 14.7. The molecular weight excluding hydrogens is 332 g/mol. The van der Waals surface area contributed by atoms with Crippen LogP contribution in [0.1, 0.15) is 18.5 Å². The molecule has 0 radical (unpaired) electrons. The fourth-order valence-corrected chi connectivity index (χ4v) is 3.28. The fourth-order valence-electron chi connectivity index (χ4n) is 3.28. The topological polar surface area (TPSA) is 87.8 Å². The Morgan fingerprint density at radius 3 is 2.88 bits per heavy atom. The minimum absolute atomic E-state index is 0.101. The molecule has 3 aromatic heterocycles. The second kappa shape index (κ2) is 7.27. The molecule has 2 N–H and O–H groups in total. The van der Waals surface area contributed by atoms with E-state index < -0.39 is 0 Å². The van der Waals surface area contributed by atoms with Gasteiger partial charge in [0, 0.05) is 32.1 Å². The Hall–Kier alpha value is -2.71. The molecule has 0 bridgehead atoms. The van der Waals surface area contributed by atoms with E-state index in [1.807, 2.05) is 22.7 Å². The van der Waals surface area contributed by atoms with Gasteiger partial charge in [-0.15, -0.1) is 5.10 Å². The highest BCUT2D eigenvalue weighted by Crippen LogP contribution is 2.23. The van der Waals surface area contributed by atoms with Crippen LogP contribution in [0.5, 0.6) is 0 Å². The maximum atomic E-state index is 9.22. The van der Waals surface area contributed by atoms with Gasteiger partial charge in [0.05, 0.1) is 18.4 Å². The molecule has 8 nitrogen and oxygen atoms in total. The second-order valence-electron chi connectivity index (χ2n) is 6.33. The maximum absolute atomic E-state index is 9.22. The number of nitrogens with zero attached hydrogens (tertiary/aromatic N) is 5. The molecule has 0 aromatic carbocycles. The van der Waals surface area contributed by atoms with Crippen LogP contribution in [0, 0.1) is 0 Å². The van der Waals surface area contributed by atoms with Crippen molar-refractivity contribution in [1.29, 1.82) is 0 Å². The number of methoxy groups -OCH3 is 1. The van der Waals surface area contributed by atoms with E-state index in [0.29, 0.717) is 17.7 Å². The molecule has 0 spiro atoms. The number of hydrogen-bond donors (Lipinski definition) is 2. The number of aliphatic hydroxyl groups is 1. The summed E-state index contributed by atoms with van der Waals surface area (Å²) < 4.78 is 7.32. The fraction of sp³-hybridized carbons (Fsp3) is 0.389.